The van der Waals surface area contributed by atoms with E-state index >= 15 is 0 Å². The maximum atomic E-state index is 11.7. The number of aliphatic carboxylic acids is 1. The first-order valence-electron chi connectivity index (χ1n) is 5.57. The van der Waals surface area contributed by atoms with Crippen molar-refractivity contribution in [3.05, 3.63) is 36.4 Å². The monoisotopic (exact) mass is 278 g/mol. The highest BCUT2D eigenvalue weighted by Gasteiger charge is 2.12. The Hall–Kier alpha value is -2.83. The molecule has 0 unspecified atom stereocenters. The Labute approximate surface area is 115 Å². The molecular weight excluding hydrogens is 264 g/mol. The van der Waals surface area contributed by atoms with Crippen molar-refractivity contribution < 1.29 is 24.2 Å². The third-order valence-electron chi connectivity index (χ3n) is 2.37. The number of carboxylic acids is 1. The Morgan fingerprint density at radius 1 is 1.20 bits per heavy atom. The van der Waals surface area contributed by atoms with Gasteiger partial charge in [0.15, 0.2) is 0 Å². The summed E-state index contributed by atoms with van der Waals surface area (Å²) >= 11 is 0. The van der Waals surface area contributed by atoms with Gasteiger partial charge in [-0.2, -0.15) is 0 Å². The third-order valence-corrected chi connectivity index (χ3v) is 2.37. The van der Waals surface area contributed by atoms with E-state index in [4.69, 9.17) is 9.84 Å². The number of nitrogens with zero attached hydrogens (tertiary/aromatic N) is 1. The number of carbonyl (C=O) groups excluding carboxylic acids is 2. The van der Waals surface area contributed by atoms with Gasteiger partial charge in [0.05, 0.1) is 7.11 Å². The number of anilines is 1. The number of amides is 3. The Kier molecular flexibility index (Phi) is 5.28. The van der Waals surface area contributed by atoms with Crippen LogP contribution >= 0.6 is 0 Å². The molecule has 106 valence electrons. The standard InChI is InChI=1S/C13H14N2O5/c1-15(9-3-5-10(20-2)6-4-9)13(19)14-11(16)7-8-12(17)18/h3-8H,1-2H3,(H,17,18)(H,14,16,19). The summed E-state index contributed by atoms with van der Waals surface area (Å²) in [6, 6.07) is 5.97. The SMILES string of the molecule is COc1ccc(N(C)C(=O)NC(=O)C=CC(=O)O)cc1. The van der Waals surface area contributed by atoms with Crippen molar-refractivity contribution in [2.45, 2.75) is 0 Å². The summed E-state index contributed by atoms with van der Waals surface area (Å²) in [4.78, 5) is 34.4. The molecular formula is C13H14N2O5. The number of hydrogen-bond acceptors (Lipinski definition) is 4. The summed E-state index contributed by atoms with van der Waals surface area (Å²) in [5.41, 5.74) is 0.554. The fourth-order valence-electron chi connectivity index (χ4n) is 1.30. The van der Waals surface area contributed by atoms with E-state index in [1.54, 1.807) is 24.3 Å². The van der Waals surface area contributed by atoms with Gasteiger partial charge >= 0.3 is 12.0 Å². The third kappa shape index (κ3) is 4.45. The molecule has 0 aliphatic carbocycles. The van der Waals surface area contributed by atoms with Crippen LogP contribution < -0.4 is 15.0 Å². The topological polar surface area (TPSA) is 95.9 Å². The molecule has 0 atom stereocenters. The summed E-state index contributed by atoms with van der Waals surface area (Å²) in [6.07, 6.45) is 1.41. The van der Waals surface area contributed by atoms with Crippen LogP contribution in [0.2, 0.25) is 0 Å². The van der Waals surface area contributed by atoms with Gasteiger partial charge in [-0.05, 0) is 24.3 Å². The molecule has 2 N–H and O–H groups in total. The molecule has 0 saturated carbocycles. The van der Waals surface area contributed by atoms with Crippen molar-refractivity contribution in [3.63, 3.8) is 0 Å². The van der Waals surface area contributed by atoms with Gasteiger partial charge in [-0.3, -0.25) is 15.0 Å². The largest absolute Gasteiger partial charge is 0.497 e. The normalized spacial score (nSPS) is 10.1. The van der Waals surface area contributed by atoms with Crippen LogP contribution in [0.3, 0.4) is 0 Å². The van der Waals surface area contributed by atoms with E-state index in [9.17, 15) is 14.4 Å². The Bertz CT molecular complexity index is 536. The number of urea groups is 1. The van der Waals surface area contributed by atoms with Crippen LogP contribution in [0.4, 0.5) is 10.5 Å². The van der Waals surface area contributed by atoms with E-state index in [0.29, 0.717) is 17.5 Å². The molecule has 7 nitrogen and oxygen atoms in total. The van der Waals surface area contributed by atoms with Crippen LogP contribution in [0.5, 0.6) is 5.75 Å². The fraction of sp³-hybridized carbons (Fsp3) is 0.154. The second-order valence-electron chi connectivity index (χ2n) is 3.72. The van der Waals surface area contributed by atoms with Gasteiger partial charge in [0.2, 0.25) is 0 Å². The molecule has 0 spiro atoms. The van der Waals surface area contributed by atoms with E-state index in [2.05, 4.69) is 0 Å². The maximum absolute atomic E-state index is 11.7. The number of hydrogen-bond donors (Lipinski definition) is 2. The first kappa shape index (κ1) is 15.2. The number of carboxylic acid groups (broad SMARTS) is 1. The van der Waals surface area contributed by atoms with Crippen molar-refractivity contribution in [1.82, 2.24) is 5.32 Å². The molecule has 1 aromatic carbocycles. The highest BCUT2D eigenvalue weighted by molar-refractivity contribution is 6.07. The molecule has 0 aliphatic rings. The van der Waals surface area contributed by atoms with Crippen LogP contribution in [0.25, 0.3) is 0 Å². The van der Waals surface area contributed by atoms with Crippen LogP contribution in [0.1, 0.15) is 0 Å². The van der Waals surface area contributed by atoms with Crippen LogP contribution in [-0.2, 0) is 9.59 Å². The first-order valence-corrected chi connectivity index (χ1v) is 5.57. The summed E-state index contributed by atoms with van der Waals surface area (Å²) in [5, 5.41) is 10.4. The van der Waals surface area contributed by atoms with Gasteiger partial charge in [0.25, 0.3) is 5.91 Å². The molecule has 7 heteroatoms. The fourth-order valence-corrected chi connectivity index (χ4v) is 1.30. The molecule has 0 radical (unpaired) electrons. The van der Waals surface area contributed by atoms with E-state index in [1.807, 2.05) is 5.32 Å². The lowest BCUT2D eigenvalue weighted by molar-refractivity contribution is -0.131. The van der Waals surface area contributed by atoms with E-state index in [-0.39, 0.29) is 0 Å². The molecule has 0 bridgehead atoms. The minimum Gasteiger partial charge on any atom is -0.497 e. The smallest absolute Gasteiger partial charge is 0.328 e. The minimum absolute atomic E-state index is 0.554. The van der Waals surface area contributed by atoms with Gasteiger partial charge in [-0.25, -0.2) is 9.59 Å². The second kappa shape index (κ2) is 6.93. The number of carbonyl (C=O) groups is 3. The van der Waals surface area contributed by atoms with Crippen LogP contribution in [-0.4, -0.2) is 37.2 Å². The predicted octanol–water partition coefficient (Wildman–Crippen LogP) is 1.01. The minimum atomic E-state index is -1.27. The average molecular weight is 278 g/mol. The zero-order valence-corrected chi connectivity index (χ0v) is 11.0. The summed E-state index contributed by atoms with van der Waals surface area (Å²) in [7, 11) is 3.00. The number of nitrogens with one attached hydrogen (secondary N) is 1. The highest BCUT2D eigenvalue weighted by Crippen LogP contribution is 2.17. The molecule has 1 rings (SSSR count). The molecule has 20 heavy (non-hydrogen) atoms. The number of methoxy groups -OCH3 is 1. The molecule has 3 amide bonds. The van der Waals surface area contributed by atoms with Crippen LogP contribution in [0, 0.1) is 0 Å². The maximum Gasteiger partial charge on any atom is 0.328 e. The quantitative estimate of drug-likeness (QED) is 0.801. The van der Waals surface area contributed by atoms with Gasteiger partial charge in [0, 0.05) is 24.9 Å². The van der Waals surface area contributed by atoms with Gasteiger partial charge < -0.3 is 9.84 Å². The van der Waals surface area contributed by atoms with Crippen molar-refractivity contribution in [3.8, 4) is 5.75 Å². The number of rotatable bonds is 4. The Balaban J connectivity index is 2.66. The van der Waals surface area contributed by atoms with Crippen molar-refractivity contribution >= 4 is 23.6 Å². The van der Waals surface area contributed by atoms with Crippen LogP contribution in [0.15, 0.2) is 36.4 Å². The Morgan fingerprint density at radius 3 is 2.30 bits per heavy atom. The molecule has 0 heterocycles. The van der Waals surface area contributed by atoms with E-state index < -0.39 is 17.9 Å². The molecule has 1 aromatic rings. The molecule has 0 saturated heterocycles. The summed E-state index contributed by atoms with van der Waals surface area (Å²) in [5.74, 6) is -1.43. The average Bonchev–Trinajstić information content (AvgIpc) is 2.44. The zero-order valence-electron chi connectivity index (χ0n) is 11.0. The lowest BCUT2D eigenvalue weighted by Crippen LogP contribution is -2.40. The van der Waals surface area contributed by atoms with Gasteiger partial charge in [-0.1, -0.05) is 0 Å². The number of benzene rings is 1. The number of ether oxygens (including phenoxy) is 1. The second-order valence-corrected chi connectivity index (χ2v) is 3.72. The zero-order chi connectivity index (χ0) is 15.1. The summed E-state index contributed by atoms with van der Waals surface area (Å²) < 4.78 is 4.99. The predicted molar refractivity (Wildman–Crippen MR) is 71.7 cm³/mol. The summed E-state index contributed by atoms with van der Waals surface area (Å²) in [6.45, 7) is 0. The number of imide groups is 1. The first-order chi connectivity index (χ1) is 9.43. The van der Waals surface area contributed by atoms with E-state index in [0.717, 1.165) is 6.08 Å². The Morgan fingerprint density at radius 2 is 1.80 bits per heavy atom. The lowest BCUT2D eigenvalue weighted by atomic mass is 10.3. The van der Waals surface area contributed by atoms with Crippen molar-refractivity contribution in [2.75, 3.05) is 19.1 Å². The molecule has 0 aliphatic heterocycles. The lowest BCUT2D eigenvalue weighted by Gasteiger charge is -2.17. The highest BCUT2D eigenvalue weighted by atomic mass is 16.5. The molecule has 0 fully saturated rings. The van der Waals surface area contributed by atoms with Crippen molar-refractivity contribution in [2.24, 2.45) is 0 Å². The molecule has 0 aromatic heterocycles. The van der Waals surface area contributed by atoms with Gasteiger partial charge in [-0.15, -0.1) is 0 Å². The van der Waals surface area contributed by atoms with Crippen molar-refractivity contribution in [1.29, 1.82) is 0 Å². The van der Waals surface area contributed by atoms with Gasteiger partial charge in [0.1, 0.15) is 5.75 Å². The van der Waals surface area contributed by atoms with E-state index in [1.165, 1.54) is 19.1 Å².